The van der Waals surface area contributed by atoms with Crippen LogP contribution in [0.4, 0.5) is 5.69 Å². The molecule has 2 aromatic carbocycles. The van der Waals surface area contributed by atoms with E-state index in [0.717, 1.165) is 11.3 Å². The van der Waals surface area contributed by atoms with Crippen LogP contribution in [0.15, 0.2) is 42.5 Å². The van der Waals surface area contributed by atoms with Gasteiger partial charge in [-0.05, 0) is 29.8 Å². The van der Waals surface area contributed by atoms with Gasteiger partial charge in [-0.1, -0.05) is 29.8 Å². The van der Waals surface area contributed by atoms with Gasteiger partial charge in [0.2, 0.25) is 0 Å². The lowest BCUT2D eigenvalue weighted by atomic mass is 10.1. The maximum atomic E-state index is 6.17. The van der Waals surface area contributed by atoms with Gasteiger partial charge in [-0.25, -0.2) is 0 Å². The zero-order valence-corrected chi connectivity index (χ0v) is 12.9. The van der Waals surface area contributed by atoms with E-state index in [1.54, 1.807) is 14.2 Å². The van der Waals surface area contributed by atoms with E-state index < -0.39 is 0 Å². The maximum Gasteiger partial charge on any atom is 0.161 e. The van der Waals surface area contributed by atoms with Crippen molar-refractivity contribution >= 4 is 17.3 Å². The Morgan fingerprint density at radius 2 is 1.81 bits per heavy atom. The van der Waals surface area contributed by atoms with Crippen LogP contribution < -0.4 is 20.5 Å². The second-order valence-corrected chi connectivity index (χ2v) is 4.93. The van der Waals surface area contributed by atoms with Crippen molar-refractivity contribution in [2.24, 2.45) is 5.73 Å². The quantitative estimate of drug-likeness (QED) is 0.858. The van der Waals surface area contributed by atoms with Crippen molar-refractivity contribution in [3.63, 3.8) is 0 Å². The van der Waals surface area contributed by atoms with E-state index in [-0.39, 0.29) is 6.04 Å². The fourth-order valence-electron chi connectivity index (χ4n) is 2.11. The Kier molecular flexibility index (Phi) is 5.31. The molecule has 3 N–H and O–H groups in total. The standard InChI is InChI=1S/C16H19ClN2O2/c1-20-15-8-7-11(9-16(15)21-2)14(10-18)19-13-6-4-3-5-12(13)17/h3-9,14,19H,10,18H2,1-2H3. The Bertz CT molecular complexity index is 605. The Hall–Kier alpha value is -1.91. The number of para-hydroxylation sites is 1. The average Bonchev–Trinajstić information content (AvgIpc) is 2.53. The van der Waals surface area contributed by atoms with Crippen molar-refractivity contribution in [1.82, 2.24) is 0 Å². The summed E-state index contributed by atoms with van der Waals surface area (Å²) < 4.78 is 10.6. The normalized spacial score (nSPS) is 11.8. The lowest BCUT2D eigenvalue weighted by Gasteiger charge is -2.20. The van der Waals surface area contributed by atoms with Crippen LogP contribution >= 0.6 is 11.6 Å². The molecule has 112 valence electrons. The largest absolute Gasteiger partial charge is 0.493 e. The molecule has 1 atom stereocenters. The van der Waals surface area contributed by atoms with Crippen molar-refractivity contribution in [2.75, 3.05) is 26.1 Å². The third kappa shape index (κ3) is 3.60. The van der Waals surface area contributed by atoms with Crippen LogP contribution in [0.25, 0.3) is 0 Å². The Morgan fingerprint density at radius 1 is 1.10 bits per heavy atom. The molecule has 0 bridgehead atoms. The fraction of sp³-hybridized carbons (Fsp3) is 0.250. The highest BCUT2D eigenvalue weighted by Gasteiger charge is 2.14. The molecule has 4 nitrogen and oxygen atoms in total. The number of anilines is 1. The number of methoxy groups -OCH3 is 2. The Balaban J connectivity index is 2.27. The summed E-state index contributed by atoms with van der Waals surface area (Å²) >= 11 is 6.17. The zero-order valence-electron chi connectivity index (χ0n) is 12.1. The lowest BCUT2D eigenvalue weighted by molar-refractivity contribution is 0.354. The van der Waals surface area contributed by atoms with E-state index in [1.165, 1.54) is 0 Å². The van der Waals surface area contributed by atoms with Gasteiger partial charge in [0.1, 0.15) is 0 Å². The first-order valence-corrected chi connectivity index (χ1v) is 7.00. The van der Waals surface area contributed by atoms with Crippen molar-refractivity contribution in [3.8, 4) is 11.5 Å². The van der Waals surface area contributed by atoms with Crippen LogP contribution in [-0.4, -0.2) is 20.8 Å². The predicted molar refractivity (Wildman–Crippen MR) is 86.4 cm³/mol. The van der Waals surface area contributed by atoms with Crippen LogP contribution in [0.3, 0.4) is 0 Å². The van der Waals surface area contributed by atoms with E-state index in [0.29, 0.717) is 23.1 Å². The number of rotatable bonds is 6. The first kappa shape index (κ1) is 15.5. The van der Waals surface area contributed by atoms with Gasteiger partial charge in [0, 0.05) is 6.54 Å². The van der Waals surface area contributed by atoms with Crippen LogP contribution in [0.1, 0.15) is 11.6 Å². The molecule has 0 aliphatic carbocycles. The summed E-state index contributed by atoms with van der Waals surface area (Å²) in [7, 11) is 3.22. The van der Waals surface area contributed by atoms with Gasteiger partial charge in [-0.3, -0.25) is 0 Å². The first-order valence-electron chi connectivity index (χ1n) is 6.62. The summed E-state index contributed by atoms with van der Waals surface area (Å²) in [6.45, 7) is 0.431. The first-order chi connectivity index (χ1) is 10.2. The fourth-order valence-corrected chi connectivity index (χ4v) is 2.30. The zero-order chi connectivity index (χ0) is 15.2. The molecule has 0 aliphatic rings. The molecule has 0 fully saturated rings. The van der Waals surface area contributed by atoms with Crippen LogP contribution in [0.5, 0.6) is 11.5 Å². The Morgan fingerprint density at radius 3 is 2.43 bits per heavy atom. The number of hydrogen-bond acceptors (Lipinski definition) is 4. The highest BCUT2D eigenvalue weighted by atomic mass is 35.5. The van der Waals surface area contributed by atoms with Gasteiger partial charge < -0.3 is 20.5 Å². The third-order valence-corrected chi connectivity index (χ3v) is 3.58. The van der Waals surface area contributed by atoms with Crippen molar-refractivity contribution in [2.45, 2.75) is 6.04 Å². The smallest absolute Gasteiger partial charge is 0.161 e. The van der Waals surface area contributed by atoms with Gasteiger partial charge >= 0.3 is 0 Å². The van der Waals surface area contributed by atoms with Gasteiger partial charge in [0.05, 0.1) is 31.0 Å². The van der Waals surface area contributed by atoms with Crippen LogP contribution in [0, 0.1) is 0 Å². The molecule has 5 heteroatoms. The van der Waals surface area contributed by atoms with Crippen molar-refractivity contribution in [1.29, 1.82) is 0 Å². The molecule has 0 heterocycles. The van der Waals surface area contributed by atoms with Crippen molar-refractivity contribution in [3.05, 3.63) is 53.1 Å². The number of halogens is 1. The molecule has 1 unspecified atom stereocenters. The number of hydrogen-bond donors (Lipinski definition) is 2. The minimum atomic E-state index is -0.0651. The van der Waals surface area contributed by atoms with Gasteiger partial charge in [0.25, 0.3) is 0 Å². The molecule has 2 rings (SSSR count). The topological polar surface area (TPSA) is 56.5 Å². The number of nitrogens with two attached hydrogens (primary N) is 1. The second-order valence-electron chi connectivity index (χ2n) is 4.53. The summed E-state index contributed by atoms with van der Waals surface area (Å²) in [5, 5.41) is 4.01. The summed E-state index contributed by atoms with van der Waals surface area (Å²) in [6, 6.07) is 13.3. The molecule has 0 saturated heterocycles. The van der Waals surface area contributed by atoms with E-state index in [2.05, 4.69) is 5.32 Å². The molecular weight excluding hydrogens is 288 g/mol. The van der Waals surface area contributed by atoms with Gasteiger partial charge in [-0.2, -0.15) is 0 Å². The molecule has 0 saturated carbocycles. The molecule has 0 amide bonds. The molecule has 0 aliphatic heterocycles. The number of benzene rings is 2. The van der Waals surface area contributed by atoms with E-state index >= 15 is 0 Å². The lowest BCUT2D eigenvalue weighted by Crippen LogP contribution is -2.20. The highest BCUT2D eigenvalue weighted by molar-refractivity contribution is 6.33. The van der Waals surface area contributed by atoms with Crippen molar-refractivity contribution < 1.29 is 9.47 Å². The number of ether oxygens (including phenoxy) is 2. The molecule has 0 spiro atoms. The van der Waals surface area contributed by atoms with Crippen LogP contribution in [0.2, 0.25) is 5.02 Å². The average molecular weight is 307 g/mol. The summed E-state index contributed by atoms with van der Waals surface area (Å²) in [5.74, 6) is 1.36. The molecule has 2 aromatic rings. The summed E-state index contributed by atoms with van der Waals surface area (Å²) in [6.07, 6.45) is 0. The monoisotopic (exact) mass is 306 g/mol. The minimum Gasteiger partial charge on any atom is -0.493 e. The van der Waals surface area contributed by atoms with Gasteiger partial charge in [0.15, 0.2) is 11.5 Å². The molecule has 0 radical (unpaired) electrons. The second kappa shape index (κ2) is 7.20. The van der Waals surface area contributed by atoms with E-state index in [9.17, 15) is 0 Å². The molecular formula is C16H19ClN2O2. The summed E-state index contributed by atoms with van der Waals surface area (Å²) in [4.78, 5) is 0. The SMILES string of the molecule is COc1ccc(C(CN)Nc2ccccc2Cl)cc1OC. The molecule has 0 aromatic heterocycles. The summed E-state index contributed by atoms with van der Waals surface area (Å²) in [5.41, 5.74) is 7.75. The van der Waals surface area contributed by atoms with Gasteiger partial charge in [-0.15, -0.1) is 0 Å². The third-order valence-electron chi connectivity index (χ3n) is 3.25. The molecule has 21 heavy (non-hydrogen) atoms. The Labute approximate surface area is 129 Å². The number of nitrogens with one attached hydrogen (secondary N) is 1. The predicted octanol–water partition coefficient (Wildman–Crippen LogP) is 3.47. The maximum absolute atomic E-state index is 6.17. The van der Waals surface area contributed by atoms with Crippen LogP contribution in [-0.2, 0) is 0 Å². The van der Waals surface area contributed by atoms with E-state index in [4.69, 9.17) is 26.8 Å². The highest BCUT2D eigenvalue weighted by Crippen LogP contribution is 2.32. The minimum absolute atomic E-state index is 0.0651. The van der Waals surface area contributed by atoms with E-state index in [1.807, 2.05) is 42.5 Å².